The van der Waals surface area contributed by atoms with Crippen LogP contribution in [0.5, 0.6) is 5.75 Å². The van der Waals surface area contributed by atoms with Crippen molar-refractivity contribution in [3.63, 3.8) is 0 Å². The Morgan fingerprint density at radius 1 is 1.31 bits per heavy atom. The first kappa shape index (κ1) is 23.0. The molecular weight excluding hydrogens is 392 g/mol. The molecule has 0 fully saturated rings. The van der Waals surface area contributed by atoms with Gasteiger partial charge in [0.25, 0.3) is 11.5 Å². The van der Waals surface area contributed by atoms with Gasteiger partial charge < -0.3 is 19.7 Å². The molecule has 0 aliphatic carbocycles. The Kier molecular flexibility index (Phi) is 7.49. The van der Waals surface area contributed by atoms with Crippen LogP contribution in [0.2, 0.25) is 5.02 Å². The fourth-order valence-electron chi connectivity index (χ4n) is 3.37. The zero-order chi connectivity index (χ0) is 20.4. The molecule has 7 heteroatoms. The molecule has 158 valence electrons. The van der Waals surface area contributed by atoms with Crippen LogP contribution in [-0.2, 0) is 13.0 Å². The monoisotopic (exact) mass is 420 g/mol. The number of ether oxygens (including phenoxy) is 1. The Hall–Kier alpha value is -2.31. The minimum atomic E-state index is -0.203. The molecule has 2 N–H and O–H groups in total. The summed E-state index contributed by atoms with van der Waals surface area (Å²) in [6, 6.07) is 5.53. The molecule has 0 bridgehead atoms. The topological polar surface area (TPSA) is 82.6 Å². The number of benzene rings is 1. The summed E-state index contributed by atoms with van der Waals surface area (Å²) < 4.78 is 5.69. The van der Waals surface area contributed by atoms with E-state index in [1.807, 2.05) is 32.9 Å². The Labute approximate surface area is 176 Å². The van der Waals surface area contributed by atoms with Crippen LogP contribution in [0.25, 0.3) is 0 Å². The lowest BCUT2D eigenvalue weighted by molar-refractivity contribution is 0.0725. The predicted molar refractivity (Wildman–Crippen MR) is 115 cm³/mol. The van der Waals surface area contributed by atoms with Crippen LogP contribution in [0, 0.1) is 19.8 Å². The normalized spacial score (nSPS) is 14.2. The second kappa shape index (κ2) is 9.46. The number of hydrogen-bond donors (Lipinski definition) is 2. The van der Waals surface area contributed by atoms with Gasteiger partial charge in [-0.05, 0) is 43.5 Å². The number of rotatable bonds is 6. The molecule has 3 rings (SSSR count). The van der Waals surface area contributed by atoms with Crippen LogP contribution in [0.3, 0.4) is 0 Å². The molecule has 0 radical (unpaired) electrons. The van der Waals surface area contributed by atoms with E-state index >= 15 is 0 Å². The fourth-order valence-corrected chi connectivity index (χ4v) is 3.69. The van der Waals surface area contributed by atoms with Crippen LogP contribution in [-0.4, -0.2) is 40.7 Å². The van der Waals surface area contributed by atoms with Crippen molar-refractivity contribution in [3.05, 3.63) is 61.5 Å². The maximum absolute atomic E-state index is 13.1. The van der Waals surface area contributed by atoms with Gasteiger partial charge in [-0.25, -0.2) is 0 Å². The number of hydrogen-bond acceptors (Lipinski definition) is 4. The third-order valence-electron chi connectivity index (χ3n) is 5.02. The van der Waals surface area contributed by atoms with E-state index in [-0.39, 0.29) is 43.0 Å². The minimum absolute atomic E-state index is 0. The SMILES string of the molecule is C.Cc1cc(C)c(CN2CCc3ccc(OC[C@@H](C)CO)c(Cl)c3C2=O)c(=O)[nH]1. The summed E-state index contributed by atoms with van der Waals surface area (Å²) in [6.07, 6.45) is 0.664. The van der Waals surface area contributed by atoms with Gasteiger partial charge in [0.2, 0.25) is 0 Å². The highest BCUT2D eigenvalue weighted by atomic mass is 35.5. The highest BCUT2D eigenvalue weighted by molar-refractivity contribution is 6.35. The summed E-state index contributed by atoms with van der Waals surface area (Å²) in [5.74, 6) is 0.196. The second-order valence-corrected chi connectivity index (χ2v) is 7.81. The number of nitrogens with one attached hydrogen (secondary N) is 1. The van der Waals surface area contributed by atoms with Crippen LogP contribution >= 0.6 is 11.6 Å². The zero-order valence-corrected chi connectivity index (χ0v) is 17.1. The van der Waals surface area contributed by atoms with Crippen LogP contribution in [0.15, 0.2) is 23.0 Å². The number of nitrogens with zero attached hydrogens (tertiary/aromatic N) is 1. The third kappa shape index (κ3) is 4.82. The van der Waals surface area contributed by atoms with Gasteiger partial charge >= 0.3 is 0 Å². The lowest BCUT2D eigenvalue weighted by Crippen LogP contribution is -2.39. The molecule has 0 saturated heterocycles. The van der Waals surface area contributed by atoms with Gasteiger partial charge in [0.15, 0.2) is 0 Å². The van der Waals surface area contributed by atoms with Crippen molar-refractivity contribution < 1.29 is 14.6 Å². The number of carbonyl (C=O) groups excluding carboxylic acids is 1. The van der Waals surface area contributed by atoms with Crippen LogP contribution in [0.4, 0.5) is 0 Å². The number of pyridine rings is 1. The quantitative estimate of drug-likeness (QED) is 0.749. The average Bonchev–Trinajstić information content (AvgIpc) is 2.65. The summed E-state index contributed by atoms with van der Waals surface area (Å²) in [5.41, 5.74) is 3.39. The van der Waals surface area contributed by atoms with Crippen molar-refractivity contribution in [1.29, 1.82) is 0 Å². The van der Waals surface area contributed by atoms with Crippen LogP contribution < -0.4 is 10.3 Å². The first-order valence-corrected chi connectivity index (χ1v) is 9.73. The third-order valence-corrected chi connectivity index (χ3v) is 5.40. The maximum atomic E-state index is 13.1. The summed E-state index contributed by atoms with van der Waals surface area (Å²) in [7, 11) is 0. The first-order valence-electron chi connectivity index (χ1n) is 9.35. The number of fused-ring (bicyclic) bond motifs is 1. The van der Waals surface area contributed by atoms with Crippen LogP contribution in [0.1, 0.15) is 47.1 Å². The molecule has 29 heavy (non-hydrogen) atoms. The molecule has 1 aromatic carbocycles. The van der Waals surface area contributed by atoms with E-state index in [1.54, 1.807) is 11.0 Å². The molecule has 0 unspecified atom stereocenters. The van der Waals surface area contributed by atoms with Gasteiger partial charge in [0.1, 0.15) is 5.75 Å². The van der Waals surface area contributed by atoms with Gasteiger partial charge in [-0.3, -0.25) is 9.59 Å². The van der Waals surface area contributed by atoms with Crippen molar-refractivity contribution in [2.75, 3.05) is 19.8 Å². The number of H-pyrrole nitrogens is 1. The Bertz CT molecular complexity index is 955. The zero-order valence-electron chi connectivity index (χ0n) is 16.3. The molecule has 1 aliphatic rings. The van der Waals surface area contributed by atoms with E-state index in [4.69, 9.17) is 21.4 Å². The van der Waals surface area contributed by atoms with Crippen molar-refractivity contribution in [3.8, 4) is 5.75 Å². The van der Waals surface area contributed by atoms with Gasteiger partial charge in [0.05, 0.1) is 23.7 Å². The largest absolute Gasteiger partial charge is 0.492 e. The van der Waals surface area contributed by atoms with Gasteiger partial charge in [-0.15, -0.1) is 0 Å². The fraction of sp³-hybridized carbons (Fsp3) is 0.455. The summed E-state index contributed by atoms with van der Waals surface area (Å²) in [6.45, 7) is 6.66. The highest BCUT2D eigenvalue weighted by Gasteiger charge is 2.29. The number of aliphatic hydroxyl groups is 1. The minimum Gasteiger partial charge on any atom is -0.492 e. The molecule has 1 aliphatic heterocycles. The molecule has 1 atom stereocenters. The summed E-state index contributed by atoms with van der Waals surface area (Å²) in [5, 5.41) is 9.44. The number of aryl methyl sites for hydroxylation is 2. The van der Waals surface area contributed by atoms with Gasteiger partial charge in [-0.1, -0.05) is 32.0 Å². The summed E-state index contributed by atoms with van der Waals surface area (Å²) >= 11 is 6.50. The number of carbonyl (C=O) groups is 1. The van der Waals surface area contributed by atoms with E-state index in [2.05, 4.69) is 4.98 Å². The first-order chi connectivity index (χ1) is 13.3. The Morgan fingerprint density at radius 3 is 2.69 bits per heavy atom. The smallest absolute Gasteiger partial charge is 0.256 e. The maximum Gasteiger partial charge on any atom is 0.256 e. The molecular formula is C22H29ClN2O4. The van der Waals surface area contributed by atoms with Gasteiger partial charge in [-0.2, -0.15) is 0 Å². The average molecular weight is 421 g/mol. The lowest BCUT2D eigenvalue weighted by Gasteiger charge is -2.30. The number of amides is 1. The van der Waals surface area contributed by atoms with E-state index in [9.17, 15) is 9.59 Å². The van der Waals surface area contributed by atoms with Gasteiger partial charge in [0, 0.05) is 30.3 Å². The summed E-state index contributed by atoms with van der Waals surface area (Å²) in [4.78, 5) is 29.9. The Morgan fingerprint density at radius 2 is 2.03 bits per heavy atom. The number of aromatic nitrogens is 1. The number of aromatic amines is 1. The molecule has 2 heterocycles. The highest BCUT2D eigenvalue weighted by Crippen LogP contribution is 2.34. The van der Waals surface area contributed by atoms with Crippen molar-refractivity contribution in [2.24, 2.45) is 5.92 Å². The number of halogens is 1. The molecule has 1 aromatic heterocycles. The molecule has 6 nitrogen and oxygen atoms in total. The molecule has 1 amide bonds. The molecule has 0 spiro atoms. The van der Waals surface area contributed by atoms with E-state index in [1.165, 1.54) is 0 Å². The standard InChI is InChI=1S/C21H25ClN2O4.CH4/c1-12(10-25)11-28-17-5-4-15-6-7-24(21(27)18(15)19(17)22)9-16-13(2)8-14(3)23-20(16)26;/h4-5,8,12,25H,6-7,9-11H2,1-3H3,(H,23,26);1H4/t12-;/m0./s1. The van der Waals surface area contributed by atoms with Crippen molar-refractivity contribution >= 4 is 17.5 Å². The van der Waals surface area contributed by atoms with E-state index in [0.29, 0.717) is 36.4 Å². The van der Waals surface area contributed by atoms with Crippen molar-refractivity contribution in [1.82, 2.24) is 9.88 Å². The van der Waals surface area contributed by atoms with E-state index < -0.39 is 0 Å². The molecule has 0 saturated carbocycles. The Balaban J connectivity index is 0.00000300. The second-order valence-electron chi connectivity index (χ2n) is 7.43. The van der Waals surface area contributed by atoms with Crippen molar-refractivity contribution in [2.45, 2.75) is 41.2 Å². The lowest BCUT2D eigenvalue weighted by atomic mass is 9.97. The number of aliphatic hydroxyl groups excluding tert-OH is 1. The van der Waals surface area contributed by atoms with E-state index in [0.717, 1.165) is 16.8 Å². The predicted octanol–water partition coefficient (Wildman–Crippen LogP) is 3.49. The molecule has 2 aromatic rings.